The van der Waals surface area contributed by atoms with Gasteiger partial charge in [0.15, 0.2) is 11.5 Å². The van der Waals surface area contributed by atoms with Crippen molar-refractivity contribution >= 4 is 28.3 Å². The number of aliphatic hydroxyl groups is 1. The smallest absolute Gasteiger partial charge is 0.175 e. The molecule has 2 N–H and O–H groups in total. The predicted octanol–water partition coefficient (Wildman–Crippen LogP) is 3.70. The average molecular weight is 395 g/mol. The molecule has 1 aromatic rings. The first-order chi connectivity index (χ1) is 10.2. The molecule has 0 amide bonds. The van der Waals surface area contributed by atoms with Crippen LogP contribution in [-0.2, 0) is 6.54 Å². The number of ether oxygens (including phenoxy) is 2. The number of halogens is 2. The van der Waals surface area contributed by atoms with E-state index < -0.39 is 0 Å². The third-order valence-corrected chi connectivity index (χ3v) is 3.56. The molecule has 0 saturated heterocycles. The van der Waals surface area contributed by atoms with E-state index in [1.807, 2.05) is 12.1 Å². The van der Waals surface area contributed by atoms with Gasteiger partial charge in [0.25, 0.3) is 0 Å². The quantitative estimate of drug-likeness (QED) is 0.444. The molecule has 0 atom stereocenters. The van der Waals surface area contributed by atoms with E-state index in [4.69, 9.17) is 14.6 Å². The zero-order valence-corrected chi connectivity index (χ0v) is 15.3. The van der Waals surface area contributed by atoms with Gasteiger partial charge in [0.05, 0.1) is 11.6 Å². The van der Waals surface area contributed by atoms with Crippen LogP contribution in [0.5, 0.6) is 11.5 Å². The number of hydrogen-bond acceptors (Lipinski definition) is 4. The first-order valence-electron chi connectivity index (χ1n) is 7.14. The molecule has 0 saturated carbocycles. The number of unbranched alkanes of at least 4 members (excludes halogenated alkanes) is 2. The van der Waals surface area contributed by atoms with Crippen LogP contribution in [0.25, 0.3) is 0 Å². The molecule has 0 aromatic heterocycles. The third kappa shape index (κ3) is 7.49. The Labute approximate surface area is 147 Å². The average Bonchev–Trinajstić information content (AvgIpc) is 2.49. The Morgan fingerprint density at radius 1 is 1.32 bits per heavy atom. The van der Waals surface area contributed by atoms with Crippen molar-refractivity contribution in [3.05, 3.63) is 34.8 Å². The maximum atomic E-state index is 8.72. The lowest BCUT2D eigenvalue weighted by Crippen LogP contribution is -2.15. The van der Waals surface area contributed by atoms with Gasteiger partial charge in [-0.15, -0.1) is 12.4 Å². The molecule has 22 heavy (non-hydrogen) atoms. The second kappa shape index (κ2) is 12.8. The summed E-state index contributed by atoms with van der Waals surface area (Å²) in [5, 5.41) is 12.1. The van der Waals surface area contributed by atoms with E-state index in [1.54, 1.807) is 13.2 Å². The second-order valence-electron chi connectivity index (χ2n) is 4.67. The fraction of sp³-hybridized carbons (Fsp3) is 0.500. The second-order valence-corrected chi connectivity index (χ2v) is 5.52. The lowest BCUT2D eigenvalue weighted by Gasteiger charge is -2.14. The normalized spacial score (nSPS) is 9.95. The minimum Gasteiger partial charge on any atom is -0.493 e. The molecule has 0 heterocycles. The van der Waals surface area contributed by atoms with Crippen molar-refractivity contribution in [2.75, 3.05) is 26.9 Å². The van der Waals surface area contributed by atoms with Gasteiger partial charge in [-0.25, -0.2) is 0 Å². The summed E-state index contributed by atoms with van der Waals surface area (Å²) < 4.78 is 11.9. The summed E-state index contributed by atoms with van der Waals surface area (Å²) in [6, 6.07) is 4.01. The first kappa shape index (κ1) is 21.2. The Bertz CT molecular complexity index is 444. The summed E-state index contributed by atoms with van der Waals surface area (Å²) in [5.41, 5.74) is 1.13. The highest BCUT2D eigenvalue weighted by molar-refractivity contribution is 9.10. The zero-order chi connectivity index (χ0) is 15.5. The molecule has 0 fully saturated rings. The fourth-order valence-electron chi connectivity index (χ4n) is 1.93. The summed E-state index contributed by atoms with van der Waals surface area (Å²) in [5.74, 6) is 1.41. The number of nitrogens with one attached hydrogen (secondary N) is 1. The number of aliphatic hydroxyl groups excluding tert-OH is 1. The topological polar surface area (TPSA) is 50.7 Å². The van der Waals surface area contributed by atoms with Crippen LogP contribution in [0.2, 0.25) is 0 Å². The highest BCUT2D eigenvalue weighted by atomic mass is 79.9. The van der Waals surface area contributed by atoms with Gasteiger partial charge in [-0.05, 0) is 59.4 Å². The molecule has 0 bridgehead atoms. The number of rotatable bonds is 11. The maximum absolute atomic E-state index is 8.72. The van der Waals surface area contributed by atoms with E-state index in [-0.39, 0.29) is 19.0 Å². The third-order valence-electron chi connectivity index (χ3n) is 2.98. The highest BCUT2D eigenvalue weighted by Gasteiger charge is 2.11. The van der Waals surface area contributed by atoms with Crippen molar-refractivity contribution in [3.8, 4) is 11.5 Å². The van der Waals surface area contributed by atoms with E-state index in [2.05, 4.69) is 27.8 Å². The van der Waals surface area contributed by atoms with Crippen LogP contribution in [0.15, 0.2) is 29.3 Å². The SMILES string of the molecule is C=CCOc1c(Br)cc(CNCCCCCO)cc1OC.Cl. The largest absolute Gasteiger partial charge is 0.493 e. The molecule has 0 unspecified atom stereocenters. The molecule has 0 aliphatic heterocycles. The minimum atomic E-state index is 0. The first-order valence-corrected chi connectivity index (χ1v) is 7.94. The molecule has 0 radical (unpaired) electrons. The Hall–Kier alpha value is -0.750. The lowest BCUT2D eigenvalue weighted by atomic mass is 10.2. The summed E-state index contributed by atoms with van der Waals surface area (Å²) in [7, 11) is 1.63. The van der Waals surface area contributed by atoms with Crippen LogP contribution in [0, 0.1) is 0 Å². The van der Waals surface area contributed by atoms with Crippen LogP contribution in [0.1, 0.15) is 24.8 Å². The maximum Gasteiger partial charge on any atom is 0.175 e. The van der Waals surface area contributed by atoms with Crippen molar-refractivity contribution < 1.29 is 14.6 Å². The zero-order valence-electron chi connectivity index (χ0n) is 12.9. The Morgan fingerprint density at radius 2 is 2.09 bits per heavy atom. The molecule has 126 valence electrons. The van der Waals surface area contributed by atoms with Gasteiger partial charge >= 0.3 is 0 Å². The van der Waals surface area contributed by atoms with Crippen molar-refractivity contribution in [3.63, 3.8) is 0 Å². The Kier molecular flexibility index (Phi) is 12.3. The van der Waals surface area contributed by atoms with Gasteiger partial charge in [-0.3, -0.25) is 0 Å². The Morgan fingerprint density at radius 3 is 2.73 bits per heavy atom. The number of benzene rings is 1. The van der Waals surface area contributed by atoms with E-state index >= 15 is 0 Å². The van der Waals surface area contributed by atoms with Gasteiger partial charge in [-0.1, -0.05) is 12.7 Å². The monoisotopic (exact) mass is 393 g/mol. The van der Waals surface area contributed by atoms with E-state index in [1.165, 1.54) is 0 Å². The molecule has 0 aliphatic rings. The van der Waals surface area contributed by atoms with Crippen molar-refractivity contribution in [2.24, 2.45) is 0 Å². The van der Waals surface area contributed by atoms with Gasteiger partial charge in [0.2, 0.25) is 0 Å². The molecular formula is C16H25BrClNO3. The van der Waals surface area contributed by atoms with Crippen LogP contribution < -0.4 is 14.8 Å². The van der Waals surface area contributed by atoms with Gasteiger partial charge in [0.1, 0.15) is 6.61 Å². The van der Waals surface area contributed by atoms with Gasteiger partial charge < -0.3 is 19.9 Å². The number of methoxy groups -OCH3 is 1. The molecule has 4 nitrogen and oxygen atoms in total. The standard InChI is InChI=1S/C16H24BrNO3.ClH/c1-3-9-21-16-14(17)10-13(11-15(16)20-2)12-18-7-5-4-6-8-19;/h3,10-11,18-19H,1,4-9,12H2,2H3;1H. The van der Waals surface area contributed by atoms with E-state index in [9.17, 15) is 0 Å². The predicted molar refractivity (Wildman–Crippen MR) is 96.3 cm³/mol. The molecule has 1 aromatic carbocycles. The Balaban J connectivity index is 0.00000441. The lowest BCUT2D eigenvalue weighted by molar-refractivity contribution is 0.283. The molecule has 0 spiro atoms. The highest BCUT2D eigenvalue weighted by Crippen LogP contribution is 2.36. The minimum absolute atomic E-state index is 0. The summed E-state index contributed by atoms with van der Waals surface area (Å²) in [4.78, 5) is 0. The van der Waals surface area contributed by atoms with Crippen molar-refractivity contribution in [2.45, 2.75) is 25.8 Å². The van der Waals surface area contributed by atoms with Gasteiger partial charge in [0, 0.05) is 13.2 Å². The molecule has 6 heteroatoms. The van der Waals surface area contributed by atoms with Crippen LogP contribution in [0.3, 0.4) is 0 Å². The van der Waals surface area contributed by atoms with Crippen LogP contribution in [0.4, 0.5) is 0 Å². The number of hydrogen-bond donors (Lipinski definition) is 2. The summed E-state index contributed by atoms with van der Waals surface area (Å²) in [6.07, 6.45) is 4.69. The van der Waals surface area contributed by atoms with Gasteiger partial charge in [-0.2, -0.15) is 0 Å². The summed E-state index contributed by atoms with van der Waals surface area (Å²) in [6.45, 7) is 6.07. The van der Waals surface area contributed by atoms with Crippen molar-refractivity contribution in [1.82, 2.24) is 5.32 Å². The van der Waals surface area contributed by atoms with E-state index in [0.717, 1.165) is 42.4 Å². The summed E-state index contributed by atoms with van der Waals surface area (Å²) >= 11 is 3.52. The van der Waals surface area contributed by atoms with E-state index in [0.29, 0.717) is 18.1 Å². The molecule has 1 rings (SSSR count). The molecule has 0 aliphatic carbocycles. The van der Waals surface area contributed by atoms with Crippen LogP contribution in [-0.4, -0.2) is 32.0 Å². The molecular weight excluding hydrogens is 370 g/mol. The fourth-order valence-corrected chi connectivity index (χ4v) is 2.53. The van der Waals surface area contributed by atoms with Crippen LogP contribution >= 0.6 is 28.3 Å². The van der Waals surface area contributed by atoms with Crippen molar-refractivity contribution in [1.29, 1.82) is 0 Å².